The molecule has 2 aliphatic rings. The average Bonchev–Trinajstić information content (AvgIpc) is 3.57. The van der Waals surface area contributed by atoms with Crippen molar-refractivity contribution >= 4 is 22.7 Å². The molecular weight excluding hydrogens is 418 g/mol. The number of ketones is 1. The van der Waals surface area contributed by atoms with E-state index in [1.807, 2.05) is 19.1 Å². The van der Waals surface area contributed by atoms with Crippen LogP contribution in [0.2, 0.25) is 0 Å². The van der Waals surface area contributed by atoms with Crippen LogP contribution >= 0.6 is 0 Å². The summed E-state index contributed by atoms with van der Waals surface area (Å²) in [6.07, 6.45) is 5.66. The standard InChI is InChI=1S/C25H29N5O3/c1-14-21(25(32)30-18-7-9-26-10-8-18)23-24(29-14)22(27-13-28-23)19-11-17(15(2)31)5-6-20(19)33-12-16-3-4-16/h5-6,11,13,16,18,26,29H,3-4,7-10,12H2,1-2H3,(H,30,32). The minimum absolute atomic E-state index is 0.0278. The van der Waals surface area contributed by atoms with Crippen LogP contribution in [0.1, 0.15) is 59.0 Å². The van der Waals surface area contributed by atoms with E-state index in [1.54, 1.807) is 13.0 Å². The zero-order chi connectivity index (χ0) is 22.9. The molecule has 2 fully saturated rings. The van der Waals surface area contributed by atoms with Crippen molar-refractivity contribution in [3.63, 3.8) is 0 Å². The number of benzene rings is 1. The summed E-state index contributed by atoms with van der Waals surface area (Å²) >= 11 is 0. The number of ether oxygens (including phenoxy) is 1. The highest BCUT2D eigenvalue weighted by Gasteiger charge is 2.26. The van der Waals surface area contributed by atoms with Crippen molar-refractivity contribution in [2.24, 2.45) is 5.92 Å². The molecule has 5 rings (SSSR count). The van der Waals surface area contributed by atoms with Crippen LogP contribution in [-0.4, -0.2) is 52.4 Å². The number of rotatable bonds is 7. The predicted octanol–water partition coefficient (Wildman–Crippen LogP) is 3.41. The Morgan fingerprint density at radius 2 is 1.94 bits per heavy atom. The molecule has 1 aromatic carbocycles. The van der Waals surface area contributed by atoms with Gasteiger partial charge in [-0.3, -0.25) is 9.59 Å². The van der Waals surface area contributed by atoms with Crippen molar-refractivity contribution in [1.82, 2.24) is 25.6 Å². The van der Waals surface area contributed by atoms with Crippen molar-refractivity contribution in [2.75, 3.05) is 19.7 Å². The molecule has 0 radical (unpaired) electrons. The van der Waals surface area contributed by atoms with E-state index < -0.39 is 0 Å². The Hall–Kier alpha value is -3.26. The summed E-state index contributed by atoms with van der Waals surface area (Å²) < 4.78 is 6.11. The van der Waals surface area contributed by atoms with Gasteiger partial charge in [-0.15, -0.1) is 0 Å². The Labute approximate surface area is 192 Å². The van der Waals surface area contributed by atoms with Gasteiger partial charge in [0.2, 0.25) is 0 Å². The Kier molecular flexibility index (Phi) is 5.85. The third-order valence-electron chi connectivity index (χ3n) is 6.49. The second-order valence-electron chi connectivity index (χ2n) is 9.09. The van der Waals surface area contributed by atoms with Gasteiger partial charge in [0.05, 0.1) is 17.7 Å². The first-order valence-corrected chi connectivity index (χ1v) is 11.6. The third kappa shape index (κ3) is 4.48. The molecule has 3 N–H and O–H groups in total. The van der Waals surface area contributed by atoms with Crippen molar-refractivity contribution < 1.29 is 14.3 Å². The Morgan fingerprint density at radius 3 is 2.67 bits per heavy atom. The number of nitrogens with zero attached hydrogens (tertiary/aromatic N) is 2. The number of nitrogens with one attached hydrogen (secondary N) is 3. The fourth-order valence-corrected chi connectivity index (χ4v) is 4.38. The molecule has 8 nitrogen and oxygen atoms in total. The molecule has 1 saturated carbocycles. The van der Waals surface area contributed by atoms with Gasteiger partial charge in [-0.1, -0.05) is 0 Å². The monoisotopic (exact) mass is 447 g/mol. The van der Waals surface area contributed by atoms with Crippen LogP contribution in [0.3, 0.4) is 0 Å². The number of hydrogen-bond donors (Lipinski definition) is 3. The molecule has 1 aliphatic heterocycles. The van der Waals surface area contributed by atoms with E-state index in [1.165, 1.54) is 19.2 Å². The zero-order valence-corrected chi connectivity index (χ0v) is 19.0. The normalized spacial score (nSPS) is 16.7. The number of carbonyl (C=O) groups is 2. The lowest BCUT2D eigenvalue weighted by Crippen LogP contribution is -2.42. The summed E-state index contributed by atoms with van der Waals surface area (Å²) in [6.45, 7) is 5.87. The quantitative estimate of drug-likeness (QED) is 0.479. The Bertz CT molecular complexity index is 1210. The molecule has 0 atom stereocenters. The number of aryl methyl sites for hydroxylation is 1. The van der Waals surface area contributed by atoms with Crippen molar-refractivity contribution in [3.8, 4) is 17.0 Å². The summed E-state index contributed by atoms with van der Waals surface area (Å²) in [5.41, 5.74) is 4.45. The maximum Gasteiger partial charge on any atom is 0.255 e. The van der Waals surface area contributed by atoms with Gasteiger partial charge in [-0.25, -0.2) is 9.97 Å². The number of carbonyl (C=O) groups excluding carboxylic acids is 2. The molecule has 0 spiro atoms. The van der Waals surface area contributed by atoms with Crippen LogP contribution in [0, 0.1) is 12.8 Å². The van der Waals surface area contributed by atoms with E-state index in [9.17, 15) is 9.59 Å². The van der Waals surface area contributed by atoms with Gasteiger partial charge in [-0.05, 0) is 76.7 Å². The van der Waals surface area contributed by atoms with Crippen LogP contribution < -0.4 is 15.4 Å². The molecule has 1 amide bonds. The van der Waals surface area contributed by atoms with E-state index in [0.29, 0.717) is 46.1 Å². The predicted molar refractivity (Wildman–Crippen MR) is 126 cm³/mol. The minimum Gasteiger partial charge on any atom is -0.493 e. The number of piperidine rings is 1. The summed E-state index contributed by atoms with van der Waals surface area (Å²) in [4.78, 5) is 37.6. The first-order chi connectivity index (χ1) is 16.0. The second-order valence-corrected chi connectivity index (χ2v) is 9.09. The molecule has 0 bridgehead atoms. The van der Waals surface area contributed by atoms with E-state index in [4.69, 9.17) is 4.74 Å². The van der Waals surface area contributed by atoms with Crippen LogP contribution in [0.15, 0.2) is 24.5 Å². The SMILES string of the molecule is CC(=O)c1ccc(OCC2CC2)c(-c2ncnc3c(C(=O)NC4CCNCC4)c(C)[nH]c23)c1. The summed E-state index contributed by atoms with van der Waals surface area (Å²) in [5, 5.41) is 6.47. The van der Waals surface area contributed by atoms with E-state index in [-0.39, 0.29) is 17.7 Å². The maximum atomic E-state index is 13.2. The largest absolute Gasteiger partial charge is 0.493 e. The number of aromatic amines is 1. The fourth-order valence-electron chi connectivity index (χ4n) is 4.38. The lowest BCUT2D eigenvalue weighted by Gasteiger charge is -2.23. The molecule has 1 aliphatic carbocycles. The van der Waals surface area contributed by atoms with E-state index >= 15 is 0 Å². The molecule has 172 valence electrons. The Morgan fingerprint density at radius 1 is 1.15 bits per heavy atom. The molecule has 33 heavy (non-hydrogen) atoms. The molecule has 3 heterocycles. The number of aromatic nitrogens is 3. The van der Waals surface area contributed by atoms with Gasteiger partial charge in [0.15, 0.2) is 5.78 Å². The van der Waals surface area contributed by atoms with Gasteiger partial charge >= 0.3 is 0 Å². The number of amides is 1. The summed E-state index contributed by atoms with van der Waals surface area (Å²) in [6, 6.07) is 5.59. The minimum atomic E-state index is -0.127. The van der Waals surface area contributed by atoms with Crippen molar-refractivity contribution in [1.29, 1.82) is 0 Å². The van der Waals surface area contributed by atoms with Gasteiger partial charge in [0, 0.05) is 22.9 Å². The van der Waals surface area contributed by atoms with Crippen LogP contribution in [-0.2, 0) is 0 Å². The zero-order valence-electron chi connectivity index (χ0n) is 19.0. The first kappa shape index (κ1) is 21.6. The molecule has 1 saturated heterocycles. The number of fused-ring (bicyclic) bond motifs is 1. The number of hydrogen-bond acceptors (Lipinski definition) is 6. The van der Waals surface area contributed by atoms with Gasteiger partial charge < -0.3 is 20.4 Å². The molecule has 3 aromatic rings. The van der Waals surface area contributed by atoms with Crippen LogP contribution in [0.25, 0.3) is 22.3 Å². The van der Waals surface area contributed by atoms with Crippen LogP contribution in [0.5, 0.6) is 5.75 Å². The van der Waals surface area contributed by atoms with Gasteiger partial charge in [-0.2, -0.15) is 0 Å². The lowest BCUT2D eigenvalue weighted by atomic mass is 10.0. The third-order valence-corrected chi connectivity index (χ3v) is 6.49. The molecule has 0 unspecified atom stereocenters. The second kappa shape index (κ2) is 8.94. The van der Waals surface area contributed by atoms with Gasteiger partial charge in [0.25, 0.3) is 5.91 Å². The van der Waals surface area contributed by atoms with Crippen molar-refractivity contribution in [3.05, 3.63) is 41.3 Å². The Balaban J connectivity index is 1.55. The maximum absolute atomic E-state index is 13.2. The highest BCUT2D eigenvalue weighted by Crippen LogP contribution is 2.37. The summed E-state index contributed by atoms with van der Waals surface area (Å²) in [7, 11) is 0. The van der Waals surface area contributed by atoms with Crippen molar-refractivity contribution in [2.45, 2.75) is 45.6 Å². The number of Topliss-reactive ketones (excluding diaryl/α,β-unsaturated/α-hetero) is 1. The van der Waals surface area contributed by atoms with E-state index in [2.05, 4.69) is 25.6 Å². The highest BCUT2D eigenvalue weighted by molar-refractivity contribution is 6.09. The molecular formula is C25H29N5O3. The molecule has 8 heteroatoms. The topological polar surface area (TPSA) is 109 Å². The number of H-pyrrole nitrogens is 1. The first-order valence-electron chi connectivity index (χ1n) is 11.6. The fraction of sp³-hybridized carbons (Fsp3) is 0.440. The van der Waals surface area contributed by atoms with Crippen LogP contribution in [0.4, 0.5) is 0 Å². The lowest BCUT2D eigenvalue weighted by molar-refractivity contribution is 0.0929. The smallest absolute Gasteiger partial charge is 0.255 e. The van der Waals surface area contributed by atoms with Gasteiger partial charge in [0.1, 0.15) is 23.3 Å². The average molecular weight is 448 g/mol. The highest BCUT2D eigenvalue weighted by atomic mass is 16.5. The summed E-state index contributed by atoms with van der Waals surface area (Å²) in [5.74, 6) is 1.12. The molecule has 2 aromatic heterocycles. The van der Waals surface area contributed by atoms with E-state index in [0.717, 1.165) is 37.2 Å².